The summed E-state index contributed by atoms with van der Waals surface area (Å²) in [5, 5.41) is 11.7. The van der Waals surface area contributed by atoms with Gasteiger partial charge in [-0.3, -0.25) is 4.79 Å². The predicted molar refractivity (Wildman–Crippen MR) is 78.3 cm³/mol. The number of nitrogens with zero attached hydrogens (tertiary/aromatic N) is 1. The van der Waals surface area contributed by atoms with Crippen LogP contribution >= 0.6 is 27.5 Å². The summed E-state index contributed by atoms with van der Waals surface area (Å²) in [6.45, 7) is 0. The van der Waals surface area contributed by atoms with Crippen molar-refractivity contribution in [1.29, 1.82) is 0 Å². The minimum atomic E-state index is -1.21. The lowest BCUT2D eigenvalue weighted by Gasteiger charge is -2.10. The number of rotatable bonds is 3. The van der Waals surface area contributed by atoms with E-state index >= 15 is 0 Å². The summed E-state index contributed by atoms with van der Waals surface area (Å²) in [7, 11) is 0. The van der Waals surface area contributed by atoms with Gasteiger partial charge in [-0.1, -0.05) is 17.7 Å². The Kier molecular flexibility index (Phi) is 4.36. The van der Waals surface area contributed by atoms with Crippen LogP contribution in [0.1, 0.15) is 20.7 Å². The molecule has 0 radical (unpaired) electrons. The molecular formula is C13H8BrClN2O3. The number of amides is 1. The smallest absolute Gasteiger partial charge is 0.339 e. The van der Waals surface area contributed by atoms with E-state index in [1.165, 1.54) is 18.3 Å². The molecule has 0 saturated carbocycles. The molecule has 0 fully saturated rings. The molecule has 2 N–H and O–H groups in total. The first-order valence-corrected chi connectivity index (χ1v) is 6.61. The first kappa shape index (κ1) is 14.5. The van der Waals surface area contributed by atoms with E-state index < -0.39 is 11.9 Å². The molecule has 7 heteroatoms. The lowest BCUT2D eigenvalue weighted by molar-refractivity contribution is 0.0698. The van der Waals surface area contributed by atoms with Gasteiger partial charge in [0.1, 0.15) is 10.2 Å². The standard InChI is InChI=1S/C13H8BrClN2O3/c14-11-7(3-2-6-16-11)12(18)17-9-5-1-4-8(15)10(9)13(19)20/h1-6H,(H,17,18)(H,19,20). The number of benzene rings is 1. The lowest BCUT2D eigenvalue weighted by atomic mass is 10.1. The summed E-state index contributed by atoms with van der Waals surface area (Å²) >= 11 is 8.99. The molecule has 2 aromatic rings. The second-order valence-electron chi connectivity index (χ2n) is 3.76. The zero-order valence-corrected chi connectivity index (χ0v) is 12.3. The molecule has 0 bridgehead atoms. The van der Waals surface area contributed by atoms with Gasteiger partial charge in [0, 0.05) is 6.20 Å². The van der Waals surface area contributed by atoms with Crippen LogP contribution < -0.4 is 5.32 Å². The highest BCUT2D eigenvalue weighted by Gasteiger charge is 2.18. The van der Waals surface area contributed by atoms with E-state index in [0.717, 1.165) is 0 Å². The van der Waals surface area contributed by atoms with Crippen molar-refractivity contribution in [3.63, 3.8) is 0 Å². The molecule has 0 unspecified atom stereocenters. The predicted octanol–water partition coefficient (Wildman–Crippen LogP) is 3.45. The lowest BCUT2D eigenvalue weighted by Crippen LogP contribution is -2.16. The maximum absolute atomic E-state index is 12.1. The van der Waals surface area contributed by atoms with Gasteiger partial charge in [0.2, 0.25) is 0 Å². The summed E-state index contributed by atoms with van der Waals surface area (Å²) < 4.78 is 0.372. The van der Waals surface area contributed by atoms with E-state index in [-0.39, 0.29) is 16.3 Å². The minimum absolute atomic E-state index is 0.0561. The van der Waals surface area contributed by atoms with Crippen LogP contribution in [0, 0.1) is 0 Å². The van der Waals surface area contributed by atoms with Crippen LogP contribution in [-0.2, 0) is 0 Å². The molecule has 1 amide bonds. The van der Waals surface area contributed by atoms with Crippen molar-refractivity contribution in [1.82, 2.24) is 4.98 Å². The van der Waals surface area contributed by atoms with Crippen molar-refractivity contribution in [2.45, 2.75) is 0 Å². The summed E-state index contributed by atoms with van der Waals surface area (Å²) in [5.74, 6) is -1.69. The van der Waals surface area contributed by atoms with Gasteiger partial charge in [-0.15, -0.1) is 0 Å². The average Bonchev–Trinajstić information content (AvgIpc) is 2.38. The molecule has 5 nitrogen and oxygen atoms in total. The number of carbonyl (C=O) groups is 2. The summed E-state index contributed by atoms with van der Waals surface area (Å²) in [4.78, 5) is 27.2. The molecule has 2 rings (SSSR count). The number of pyridine rings is 1. The number of hydrogen-bond donors (Lipinski definition) is 2. The van der Waals surface area contributed by atoms with E-state index in [4.69, 9.17) is 16.7 Å². The van der Waals surface area contributed by atoms with Crippen molar-refractivity contribution in [2.75, 3.05) is 5.32 Å². The van der Waals surface area contributed by atoms with Gasteiger partial charge in [0.25, 0.3) is 5.91 Å². The van der Waals surface area contributed by atoms with Crippen molar-refractivity contribution < 1.29 is 14.7 Å². The first-order valence-electron chi connectivity index (χ1n) is 5.44. The van der Waals surface area contributed by atoms with Crippen molar-refractivity contribution in [3.8, 4) is 0 Å². The number of nitrogens with one attached hydrogen (secondary N) is 1. The van der Waals surface area contributed by atoms with Gasteiger partial charge < -0.3 is 10.4 Å². The first-order chi connectivity index (χ1) is 9.50. The molecule has 0 spiro atoms. The van der Waals surface area contributed by atoms with E-state index in [9.17, 15) is 9.59 Å². The highest BCUT2D eigenvalue weighted by atomic mass is 79.9. The average molecular weight is 356 g/mol. The number of anilines is 1. The van der Waals surface area contributed by atoms with E-state index in [0.29, 0.717) is 10.2 Å². The largest absolute Gasteiger partial charge is 0.478 e. The Morgan fingerprint density at radius 1 is 1.25 bits per heavy atom. The fourth-order valence-corrected chi connectivity index (χ4v) is 2.28. The number of hydrogen-bond acceptors (Lipinski definition) is 3. The number of halogens is 2. The zero-order valence-electron chi connectivity index (χ0n) is 9.93. The van der Waals surface area contributed by atoms with Gasteiger partial charge in [0.15, 0.2) is 0 Å². The fourth-order valence-electron chi connectivity index (χ4n) is 1.59. The number of carbonyl (C=O) groups excluding carboxylic acids is 1. The minimum Gasteiger partial charge on any atom is -0.478 e. The number of carboxylic acids is 1. The topological polar surface area (TPSA) is 79.3 Å². The van der Waals surface area contributed by atoms with Gasteiger partial charge in [-0.25, -0.2) is 9.78 Å². The van der Waals surface area contributed by atoms with Gasteiger partial charge in [0.05, 0.1) is 16.3 Å². The second-order valence-corrected chi connectivity index (χ2v) is 4.92. The van der Waals surface area contributed by atoms with Gasteiger partial charge in [-0.2, -0.15) is 0 Å². The van der Waals surface area contributed by atoms with Crippen LogP contribution in [0.2, 0.25) is 5.02 Å². The maximum Gasteiger partial charge on any atom is 0.339 e. The molecule has 1 aromatic carbocycles. The van der Waals surface area contributed by atoms with E-state index in [1.54, 1.807) is 18.2 Å². The molecule has 0 saturated heterocycles. The Morgan fingerprint density at radius 3 is 2.65 bits per heavy atom. The molecule has 0 aliphatic heterocycles. The number of carboxylic acid groups (broad SMARTS) is 1. The monoisotopic (exact) mass is 354 g/mol. The van der Waals surface area contributed by atoms with Crippen LogP contribution in [-0.4, -0.2) is 22.0 Å². The Balaban J connectivity index is 2.36. The van der Waals surface area contributed by atoms with Crippen LogP contribution in [0.15, 0.2) is 41.1 Å². The van der Waals surface area contributed by atoms with E-state index in [2.05, 4.69) is 26.2 Å². The third-order valence-electron chi connectivity index (χ3n) is 2.48. The second kappa shape index (κ2) is 6.02. The quantitative estimate of drug-likeness (QED) is 0.827. The highest BCUT2D eigenvalue weighted by Crippen LogP contribution is 2.25. The third kappa shape index (κ3) is 2.97. The number of aromatic nitrogens is 1. The Bertz CT molecular complexity index is 691. The van der Waals surface area contributed by atoms with Crippen LogP contribution in [0.3, 0.4) is 0 Å². The molecule has 0 aliphatic carbocycles. The molecule has 1 heterocycles. The summed E-state index contributed by atoms with van der Waals surface area (Å²) in [6.07, 6.45) is 1.53. The summed E-state index contributed by atoms with van der Waals surface area (Å²) in [5.41, 5.74) is 0.275. The number of aromatic carboxylic acids is 1. The highest BCUT2D eigenvalue weighted by molar-refractivity contribution is 9.10. The van der Waals surface area contributed by atoms with Gasteiger partial charge >= 0.3 is 5.97 Å². The Hall–Kier alpha value is -1.92. The molecule has 20 heavy (non-hydrogen) atoms. The van der Waals surface area contributed by atoms with Crippen LogP contribution in [0.4, 0.5) is 5.69 Å². The Labute approximate surface area is 127 Å². The van der Waals surface area contributed by atoms with Crippen LogP contribution in [0.25, 0.3) is 0 Å². The van der Waals surface area contributed by atoms with Crippen molar-refractivity contribution in [2.24, 2.45) is 0 Å². The molecule has 0 aliphatic rings. The normalized spacial score (nSPS) is 10.1. The summed E-state index contributed by atoms with van der Waals surface area (Å²) in [6, 6.07) is 7.65. The fraction of sp³-hybridized carbons (Fsp3) is 0. The van der Waals surface area contributed by atoms with Gasteiger partial charge in [-0.05, 0) is 40.2 Å². The maximum atomic E-state index is 12.1. The van der Waals surface area contributed by atoms with E-state index in [1.807, 2.05) is 0 Å². The van der Waals surface area contributed by atoms with Crippen LogP contribution in [0.5, 0.6) is 0 Å². The van der Waals surface area contributed by atoms with Crippen molar-refractivity contribution in [3.05, 3.63) is 57.3 Å². The van der Waals surface area contributed by atoms with Crippen molar-refractivity contribution >= 4 is 45.1 Å². The molecule has 102 valence electrons. The SMILES string of the molecule is O=C(Nc1cccc(Cl)c1C(=O)O)c1cccnc1Br. The molecule has 0 atom stereocenters. The third-order valence-corrected chi connectivity index (χ3v) is 3.43. The zero-order chi connectivity index (χ0) is 14.7. The molecule has 1 aromatic heterocycles. The molecular weight excluding hydrogens is 348 g/mol. The Morgan fingerprint density at radius 2 is 2.00 bits per heavy atom.